The van der Waals surface area contributed by atoms with Gasteiger partial charge in [-0.1, -0.05) is 36.4 Å². The van der Waals surface area contributed by atoms with Crippen molar-refractivity contribution in [3.63, 3.8) is 0 Å². The molecule has 0 aliphatic carbocycles. The van der Waals surface area contributed by atoms with Gasteiger partial charge in [0.05, 0.1) is 0 Å². The predicted molar refractivity (Wildman–Crippen MR) is 101 cm³/mol. The lowest BCUT2D eigenvalue weighted by Gasteiger charge is -2.02. The number of carbonyl (C=O) groups is 1. The SMILES string of the molecule is O=C(/C=C/c1ccc(F)cc1)Oc1ccc(/C=C/c2ccncc2)cc1. The molecule has 1 aromatic heterocycles. The van der Waals surface area contributed by atoms with Crippen LogP contribution < -0.4 is 4.74 Å². The molecule has 0 fully saturated rings. The van der Waals surface area contributed by atoms with E-state index in [4.69, 9.17) is 4.74 Å². The Bertz CT molecular complexity index is 915. The molecule has 0 saturated heterocycles. The Morgan fingerprint density at radius 1 is 0.769 bits per heavy atom. The van der Waals surface area contributed by atoms with Gasteiger partial charge in [0.15, 0.2) is 0 Å². The molecule has 128 valence electrons. The molecule has 3 nitrogen and oxygen atoms in total. The number of pyridine rings is 1. The first kappa shape index (κ1) is 17.3. The molecule has 0 unspecified atom stereocenters. The molecule has 0 atom stereocenters. The second-order valence-electron chi connectivity index (χ2n) is 5.49. The molecule has 0 radical (unpaired) electrons. The number of aromatic nitrogens is 1. The normalized spacial score (nSPS) is 11.1. The number of ether oxygens (including phenoxy) is 1. The van der Waals surface area contributed by atoms with Crippen molar-refractivity contribution in [2.75, 3.05) is 0 Å². The van der Waals surface area contributed by atoms with Gasteiger partial charge in [-0.25, -0.2) is 9.18 Å². The highest BCUT2D eigenvalue weighted by atomic mass is 19.1. The van der Waals surface area contributed by atoms with Crippen LogP contribution in [0.4, 0.5) is 4.39 Å². The van der Waals surface area contributed by atoms with Gasteiger partial charge < -0.3 is 4.74 Å². The molecule has 3 aromatic rings. The molecule has 2 aromatic carbocycles. The Balaban J connectivity index is 1.57. The first-order valence-corrected chi connectivity index (χ1v) is 8.03. The second-order valence-corrected chi connectivity index (χ2v) is 5.49. The van der Waals surface area contributed by atoms with Gasteiger partial charge in [0.2, 0.25) is 0 Å². The van der Waals surface area contributed by atoms with Gasteiger partial charge in [-0.05, 0) is 59.2 Å². The quantitative estimate of drug-likeness (QED) is 0.371. The van der Waals surface area contributed by atoms with Gasteiger partial charge >= 0.3 is 5.97 Å². The average molecular weight is 345 g/mol. The van der Waals surface area contributed by atoms with E-state index in [0.717, 1.165) is 16.7 Å². The molecule has 0 saturated carbocycles. The summed E-state index contributed by atoms with van der Waals surface area (Å²) in [6, 6.07) is 16.9. The summed E-state index contributed by atoms with van der Waals surface area (Å²) in [5.74, 6) is -0.350. The minimum absolute atomic E-state index is 0.317. The van der Waals surface area contributed by atoms with Crippen molar-refractivity contribution in [3.8, 4) is 5.75 Å². The second kappa shape index (κ2) is 8.53. The molecule has 0 aliphatic heterocycles. The van der Waals surface area contributed by atoms with E-state index >= 15 is 0 Å². The van der Waals surface area contributed by atoms with Crippen LogP contribution in [0, 0.1) is 5.82 Å². The van der Waals surface area contributed by atoms with Crippen LogP contribution in [0.15, 0.2) is 79.1 Å². The molecule has 0 N–H and O–H groups in total. The first-order chi connectivity index (χ1) is 12.7. The van der Waals surface area contributed by atoms with Crippen molar-refractivity contribution in [2.45, 2.75) is 0 Å². The number of hydrogen-bond acceptors (Lipinski definition) is 3. The third kappa shape index (κ3) is 5.24. The highest BCUT2D eigenvalue weighted by Crippen LogP contribution is 2.15. The Morgan fingerprint density at radius 3 is 1.96 bits per heavy atom. The topological polar surface area (TPSA) is 39.2 Å². The van der Waals surface area contributed by atoms with Crippen LogP contribution in [0.1, 0.15) is 16.7 Å². The minimum Gasteiger partial charge on any atom is -0.423 e. The summed E-state index contributed by atoms with van der Waals surface area (Å²) in [5, 5.41) is 0. The van der Waals surface area contributed by atoms with Crippen LogP contribution in [0.3, 0.4) is 0 Å². The van der Waals surface area contributed by atoms with Gasteiger partial charge in [0.1, 0.15) is 11.6 Å². The molecule has 26 heavy (non-hydrogen) atoms. The highest BCUT2D eigenvalue weighted by molar-refractivity contribution is 5.88. The summed E-state index contributed by atoms with van der Waals surface area (Å²) in [4.78, 5) is 15.8. The van der Waals surface area contributed by atoms with Crippen molar-refractivity contribution in [2.24, 2.45) is 0 Å². The maximum absolute atomic E-state index is 12.8. The largest absolute Gasteiger partial charge is 0.423 e. The van der Waals surface area contributed by atoms with Gasteiger partial charge in [-0.15, -0.1) is 0 Å². The van der Waals surface area contributed by atoms with Crippen molar-refractivity contribution in [1.29, 1.82) is 0 Å². The molecule has 0 amide bonds. The van der Waals surface area contributed by atoms with Crippen LogP contribution in [0.25, 0.3) is 18.2 Å². The van der Waals surface area contributed by atoms with E-state index < -0.39 is 5.97 Å². The van der Waals surface area contributed by atoms with Gasteiger partial charge in [-0.2, -0.15) is 0 Å². The summed E-state index contributed by atoms with van der Waals surface area (Å²) in [6.45, 7) is 0. The molecule has 3 rings (SSSR count). The summed E-state index contributed by atoms with van der Waals surface area (Å²) in [7, 11) is 0. The van der Waals surface area contributed by atoms with Gasteiger partial charge in [-0.3, -0.25) is 4.98 Å². The predicted octanol–water partition coefficient (Wildman–Crippen LogP) is 5.01. The number of esters is 1. The zero-order valence-corrected chi connectivity index (χ0v) is 13.9. The smallest absolute Gasteiger partial charge is 0.336 e. The molecular formula is C22H16FNO2. The van der Waals surface area contributed by atoms with E-state index in [-0.39, 0.29) is 5.82 Å². The monoisotopic (exact) mass is 345 g/mol. The fraction of sp³-hybridized carbons (Fsp3) is 0. The zero-order chi connectivity index (χ0) is 18.2. The number of hydrogen-bond donors (Lipinski definition) is 0. The van der Waals surface area contributed by atoms with Crippen molar-refractivity contribution in [3.05, 3.63) is 102 Å². The summed E-state index contributed by atoms with van der Waals surface area (Å²) >= 11 is 0. The molecule has 0 bridgehead atoms. The lowest BCUT2D eigenvalue weighted by molar-refractivity contribution is -0.128. The Kier molecular flexibility index (Phi) is 5.68. The summed E-state index contributed by atoms with van der Waals surface area (Å²) in [5.41, 5.74) is 2.77. The van der Waals surface area contributed by atoms with E-state index in [1.807, 2.05) is 36.4 Å². The maximum Gasteiger partial charge on any atom is 0.336 e. The molecule has 0 aliphatic rings. The van der Waals surface area contributed by atoms with E-state index in [2.05, 4.69) is 4.98 Å². The Hall–Kier alpha value is -3.53. The zero-order valence-electron chi connectivity index (χ0n) is 13.9. The third-order valence-corrected chi connectivity index (χ3v) is 3.55. The van der Waals surface area contributed by atoms with Crippen LogP contribution >= 0.6 is 0 Å². The lowest BCUT2D eigenvalue weighted by atomic mass is 10.1. The van der Waals surface area contributed by atoms with E-state index in [1.54, 1.807) is 42.7 Å². The molecule has 0 spiro atoms. The standard InChI is InChI=1S/C22H16FNO2/c23-20-8-3-18(4-9-20)7-12-22(25)26-21-10-5-17(6-11-21)1-2-19-13-15-24-16-14-19/h1-16H/b2-1+,12-7+. The van der Waals surface area contributed by atoms with Crippen LogP contribution in [0.2, 0.25) is 0 Å². The van der Waals surface area contributed by atoms with Gasteiger partial charge in [0, 0.05) is 18.5 Å². The van der Waals surface area contributed by atoms with Crippen molar-refractivity contribution < 1.29 is 13.9 Å². The average Bonchev–Trinajstić information content (AvgIpc) is 2.68. The molecule has 4 heteroatoms. The number of halogens is 1. The number of nitrogens with zero attached hydrogens (tertiary/aromatic N) is 1. The number of carbonyl (C=O) groups excluding carboxylic acids is 1. The maximum atomic E-state index is 12.8. The third-order valence-electron chi connectivity index (χ3n) is 3.55. The van der Waals surface area contributed by atoms with Crippen LogP contribution in [-0.4, -0.2) is 11.0 Å². The van der Waals surface area contributed by atoms with E-state index in [9.17, 15) is 9.18 Å². The Labute approximate surface area is 151 Å². The molecular weight excluding hydrogens is 329 g/mol. The number of rotatable bonds is 5. The van der Waals surface area contributed by atoms with Gasteiger partial charge in [0.25, 0.3) is 0 Å². The van der Waals surface area contributed by atoms with Crippen molar-refractivity contribution >= 4 is 24.2 Å². The van der Waals surface area contributed by atoms with Crippen molar-refractivity contribution in [1.82, 2.24) is 4.98 Å². The fourth-order valence-corrected chi connectivity index (χ4v) is 2.20. The van der Waals surface area contributed by atoms with E-state index in [1.165, 1.54) is 18.2 Å². The molecule has 1 heterocycles. The number of benzene rings is 2. The lowest BCUT2D eigenvalue weighted by Crippen LogP contribution is -2.03. The van der Waals surface area contributed by atoms with E-state index in [0.29, 0.717) is 5.75 Å². The Morgan fingerprint density at radius 2 is 1.31 bits per heavy atom. The minimum atomic E-state index is -0.491. The fourth-order valence-electron chi connectivity index (χ4n) is 2.20. The summed E-state index contributed by atoms with van der Waals surface area (Å²) < 4.78 is 18.1. The highest BCUT2D eigenvalue weighted by Gasteiger charge is 2.00. The van der Waals surface area contributed by atoms with Crippen LogP contribution in [0.5, 0.6) is 5.75 Å². The van der Waals surface area contributed by atoms with Crippen LogP contribution in [-0.2, 0) is 4.79 Å². The summed E-state index contributed by atoms with van der Waals surface area (Å²) in [6.07, 6.45) is 10.3. The first-order valence-electron chi connectivity index (χ1n) is 8.03.